The van der Waals surface area contributed by atoms with E-state index in [1.807, 2.05) is 60.7 Å². The maximum absolute atomic E-state index is 12.8. The molecule has 0 aromatic heterocycles. The molecule has 0 fully saturated rings. The molecule has 0 unspecified atom stereocenters. The summed E-state index contributed by atoms with van der Waals surface area (Å²) in [6.45, 7) is 6.61. The van der Waals surface area contributed by atoms with Crippen LogP contribution in [0.2, 0.25) is 0 Å². The number of rotatable bonds is 6. The van der Waals surface area contributed by atoms with Crippen LogP contribution in [-0.2, 0) is 4.79 Å². The molecule has 0 radical (unpaired) electrons. The van der Waals surface area contributed by atoms with Crippen LogP contribution >= 0.6 is 0 Å². The fraction of sp³-hybridized carbons (Fsp3) is 0.211. The van der Waals surface area contributed by atoms with Gasteiger partial charge in [0.15, 0.2) is 0 Å². The number of nitrogens with zero attached hydrogens (tertiary/aromatic N) is 1. The van der Waals surface area contributed by atoms with E-state index in [0.717, 1.165) is 30.8 Å². The molecular weight excluding hydrogens is 258 g/mol. The average Bonchev–Trinajstić information content (AvgIpc) is 2.57. The number of amides is 1. The van der Waals surface area contributed by atoms with Gasteiger partial charge in [-0.1, -0.05) is 56.3 Å². The lowest BCUT2D eigenvalue weighted by molar-refractivity contribution is -0.122. The quantitative estimate of drug-likeness (QED) is 0.546. The van der Waals surface area contributed by atoms with Gasteiger partial charge in [-0.15, -0.1) is 0 Å². The number of hydrogen-bond acceptors (Lipinski definition) is 1. The van der Waals surface area contributed by atoms with Gasteiger partial charge in [-0.3, -0.25) is 0 Å². The molecule has 0 N–H and O–H groups in total. The van der Waals surface area contributed by atoms with Crippen molar-refractivity contribution in [1.82, 2.24) is 4.48 Å². The summed E-state index contributed by atoms with van der Waals surface area (Å²) >= 11 is 0. The zero-order valence-electron chi connectivity index (χ0n) is 12.5. The summed E-state index contributed by atoms with van der Waals surface area (Å²) in [7, 11) is 0. The summed E-state index contributed by atoms with van der Waals surface area (Å²) < 4.78 is 0.207. The highest BCUT2D eigenvalue weighted by atomic mass is 16.2. The third-order valence-electron chi connectivity index (χ3n) is 3.79. The number of hydrogen-bond donors (Lipinski definition) is 0. The van der Waals surface area contributed by atoms with Crippen LogP contribution in [0.1, 0.15) is 19.8 Å². The van der Waals surface area contributed by atoms with Gasteiger partial charge in [0.25, 0.3) is 0 Å². The first-order valence-corrected chi connectivity index (χ1v) is 7.42. The van der Waals surface area contributed by atoms with E-state index in [2.05, 4.69) is 13.5 Å². The van der Waals surface area contributed by atoms with Gasteiger partial charge in [0.1, 0.15) is 11.4 Å². The Morgan fingerprint density at radius 1 is 1.00 bits per heavy atom. The maximum Gasteiger partial charge on any atom is 0.348 e. The lowest BCUT2D eigenvalue weighted by Crippen LogP contribution is -2.49. The van der Waals surface area contributed by atoms with Crippen molar-refractivity contribution in [3.05, 3.63) is 73.3 Å². The number of carbonyl (C=O) groups excluding carboxylic acids is 1. The van der Waals surface area contributed by atoms with Gasteiger partial charge >= 0.3 is 5.91 Å². The third kappa shape index (κ3) is 2.96. The Morgan fingerprint density at radius 2 is 1.48 bits per heavy atom. The molecular formula is C19H22NO+. The lowest BCUT2D eigenvalue weighted by Gasteiger charge is -2.34. The monoisotopic (exact) mass is 280 g/mol. The highest BCUT2D eigenvalue weighted by Crippen LogP contribution is 2.35. The predicted octanol–water partition coefficient (Wildman–Crippen LogP) is 4.84. The number of quaternary nitrogens is 1. The fourth-order valence-corrected chi connectivity index (χ4v) is 2.69. The van der Waals surface area contributed by atoms with Gasteiger partial charge in [0.2, 0.25) is 0 Å². The second-order valence-electron chi connectivity index (χ2n) is 5.10. The van der Waals surface area contributed by atoms with Crippen molar-refractivity contribution in [2.45, 2.75) is 19.8 Å². The minimum absolute atomic E-state index is 0.0147. The van der Waals surface area contributed by atoms with E-state index in [4.69, 9.17) is 0 Å². The molecule has 2 aromatic rings. The van der Waals surface area contributed by atoms with Crippen molar-refractivity contribution in [3.63, 3.8) is 0 Å². The molecule has 2 aromatic carbocycles. The summed E-state index contributed by atoms with van der Waals surface area (Å²) in [5.74, 6) is 0.0147. The van der Waals surface area contributed by atoms with Crippen molar-refractivity contribution < 1.29 is 4.79 Å². The highest BCUT2D eigenvalue weighted by Gasteiger charge is 2.39. The summed E-state index contributed by atoms with van der Waals surface area (Å²) in [5, 5.41) is 0. The predicted molar refractivity (Wildman–Crippen MR) is 89.3 cm³/mol. The molecule has 0 bridgehead atoms. The molecule has 21 heavy (non-hydrogen) atoms. The Bertz CT molecular complexity index is 550. The molecule has 108 valence electrons. The minimum Gasteiger partial charge on any atom is -0.225 e. The molecule has 0 saturated carbocycles. The topological polar surface area (TPSA) is 17.1 Å². The first-order chi connectivity index (χ1) is 10.3. The van der Waals surface area contributed by atoms with Crippen LogP contribution in [0.4, 0.5) is 11.4 Å². The fourth-order valence-electron chi connectivity index (χ4n) is 2.69. The van der Waals surface area contributed by atoms with Crippen LogP contribution < -0.4 is 4.48 Å². The third-order valence-corrected chi connectivity index (χ3v) is 3.79. The van der Waals surface area contributed by atoms with Gasteiger partial charge in [-0.25, -0.2) is 4.79 Å². The normalized spacial score (nSPS) is 11.1. The minimum atomic E-state index is 0.0147. The van der Waals surface area contributed by atoms with Gasteiger partial charge < -0.3 is 0 Å². The first kappa shape index (κ1) is 15.2. The van der Waals surface area contributed by atoms with E-state index in [1.54, 1.807) is 0 Å². The van der Waals surface area contributed by atoms with Gasteiger partial charge in [-0.05, 0) is 6.42 Å². The second-order valence-corrected chi connectivity index (χ2v) is 5.10. The molecule has 0 atom stereocenters. The molecule has 2 nitrogen and oxygen atoms in total. The van der Waals surface area contributed by atoms with Gasteiger partial charge in [-0.2, -0.15) is 4.48 Å². The van der Waals surface area contributed by atoms with Gasteiger partial charge in [0.05, 0.1) is 6.54 Å². The standard InChI is InChI=1S/C19H22NO/c1-3-5-16-20(19(21)4-2,17-12-8-6-9-13-17)18-14-10-7-11-15-18/h4,6-15H,2-3,5,16H2,1H3/q+1. The molecule has 0 spiro atoms. The molecule has 2 rings (SSSR count). The summed E-state index contributed by atoms with van der Waals surface area (Å²) in [6, 6.07) is 19.9. The van der Waals surface area contributed by atoms with E-state index < -0.39 is 0 Å². The SMILES string of the molecule is C=CC(=O)[N+](CCCC)(c1ccccc1)c1ccccc1. The molecule has 2 heteroatoms. The van der Waals surface area contributed by atoms with E-state index in [9.17, 15) is 4.79 Å². The Morgan fingerprint density at radius 3 is 1.86 bits per heavy atom. The van der Waals surface area contributed by atoms with Crippen molar-refractivity contribution >= 4 is 17.3 Å². The van der Waals surface area contributed by atoms with Crippen molar-refractivity contribution in [2.24, 2.45) is 0 Å². The number of carbonyl (C=O) groups is 1. The van der Waals surface area contributed by atoms with Crippen molar-refractivity contribution in [3.8, 4) is 0 Å². The van der Waals surface area contributed by atoms with E-state index in [-0.39, 0.29) is 10.4 Å². The first-order valence-electron chi connectivity index (χ1n) is 7.42. The van der Waals surface area contributed by atoms with E-state index in [1.165, 1.54) is 6.08 Å². The van der Waals surface area contributed by atoms with Crippen LogP contribution in [0.5, 0.6) is 0 Å². The van der Waals surface area contributed by atoms with Crippen molar-refractivity contribution in [2.75, 3.05) is 6.54 Å². The van der Waals surface area contributed by atoms with Crippen LogP contribution in [0.25, 0.3) is 0 Å². The number of unbranched alkanes of at least 4 members (excludes halogenated alkanes) is 1. The molecule has 0 aliphatic heterocycles. The Hall–Kier alpha value is -2.19. The molecule has 0 saturated heterocycles. The zero-order valence-corrected chi connectivity index (χ0v) is 12.5. The molecule has 0 aliphatic carbocycles. The smallest absolute Gasteiger partial charge is 0.225 e. The highest BCUT2D eigenvalue weighted by molar-refractivity contribution is 6.01. The van der Waals surface area contributed by atoms with Crippen LogP contribution in [0.3, 0.4) is 0 Å². The molecule has 1 amide bonds. The van der Waals surface area contributed by atoms with Crippen LogP contribution in [0.15, 0.2) is 73.3 Å². The zero-order chi connectivity index (χ0) is 15.1. The van der Waals surface area contributed by atoms with E-state index in [0.29, 0.717) is 0 Å². The molecule has 0 heterocycles. The number of para-hydroxylation sites is 2. The lowest BCUT2D eigenvalue weighted by atomic mass is 10.1. The summed E-state index contributed by atoms with van der Waals surface area (Å²) in [5.41, 5.74) is 1.98. The average molecular weight is 280 g/mol. The van der Waals surface area contributed by atoms with Crippen molar-refractivity contribution in [1.29, 1.82) is 0 Å². The number of benzene rings is 2. The van der Waals surface area contributed by atoms with E-state index >= 15 is 0 Å². The molecule has 0 aliphatic rings. The summed E-state index contributed by atoms with van der Waals surface area (Å²) in [6.07, 6.45) is 3.46. The second kappa shape index (κ2) is 7.00. The maximum atomic E-state index is 12.8. The van der Waals surface area contributed by atoms with Crippen LogP contribution in [0, 0.1) is 0 Å². The summed E-state index contributed by atoms with van der Waals surface area (Å²) in [4.78, 5) is 12.8. The largest absolute Gasteiger partial charge is 0.348 e. The Labute approximate surface area is 126 Å². The van der Waals surface area contributed by atoms with Gasteiger partial charge in [0, 0.05) is 30.3 Å². The Kier molecular flexibility index (Phi) is 5.07. The Balaban J connectivity index is 2.65. The van der Waals surface area contributed by atoms with Crippen LogP contribution in [-0.4, -0.2) is 12.5 Å².